The number of ether oxygens (including phenoxy) is 1. The number of methoxy groups -OCH3 is 1. The minimum atomic E-state index is -0.206. The molecule has 5 heteroatoms. The van der Waals surface area contributed by atoms with E-state index in [-0.39, 0.29) is 18.0 Å². The second-order valence-corrected chi connectivity index (χ2v) is 8.01. The summed E-state index contributed by atoms with van der Waals surface area (Å²) in [5.41, 5.74) is 9.30. The Labute approximate surface area is 157 Å². The smallest absolute Gasteiger partial charge is 0.306 e. The maximum Gasteiger partial charge on any atom is 0.306 e. The average Bonchev–Trinajstić information content (AvgIpc) is 2.60. The van der Waals surface area contributed by atoms with Crippen LogP contribution in [0.25, 0.3) is 0 Å². The van der Waals surface area contributed by atoms with Gasteiger partial charge in [-0.25, -0.2) is 0 Å². The zero-order chi connectivity index (χ0) is 19.3. The predicted molar refractivity (Wildman–Crippen MR) is 106 cm³/mol. The van der Waals surface area contributed by atoms with Gasteiger partial charge in [0.15, 0.2) is 0 Å². The second-order valence-electron chi connectivity index (χ2n) is 8.01. The first kappa shape index (κ1) is 20.6. The molecule has 0 unspecified atom stereocenters. The number of anilines is 2. The Bertz CT molecular complexity index is 595. The van der Waals surface area contributed by atoms with Crippen LogP contribution in [-0.4, -0.2) is 36.9 Å². The highest BCUT2D eigenvalue weighted by Gasteiger charge is 2.27. The third-order valence-electron chi connectivity index (χ3n) is 5.30. The molecule has 0 heterocycles. The SMILES string of the molecule is COC(=O)C[C@@H](C)c1ccc(N(CC(C)C)[C@H]2CC[C@H](O)CC2)c(N)c1. The highest BCUT2D eigenvalue weighted by molar-refractivity contribution is 5.72. The van der Waals surface area contributed by atoms with Gasteiger partial charge in [0.2, 0.25) is 0 Å². The van der Waals surface area contributed by atoms with Gasteiger partial charge < -0.3 is 20.5 Å². The third-order valence-corrected chi connectivity index (χ3v) is 5.30. The fourth-order valence-electron chi connectivity index (χ4n) is 3.80. The largest absolute Gasteiger partial charge is 0.469 e. The van der Waals surface area contributed by atoms with E-state index in [0.29, 0.717) is 18.4 Å². The minimum absolute atomic E-state index is 0.0715. The first-order chi connectivity index (χ1) is 12.3. The summed E-state index contributed by atoms with van der Waals surface area (Å²) in [6.45, 7) is 7.39. The van der Waals surface area contributed by atoms with E-state index in [0.717, 1.165) is 49.2 Å². The lowest BCUT2D eigenvalue weighted by molar-refractivity contribution is -0.140. The van der Waals surface area contributed by atoms with E-state index >= 15 is 0 Å². The average molecular weight is 363 g/mol. The second kappa shape index (κ2) is 9.26. The Hall–Kier alpha value is -1.75. The maximum absolute atomic E-state index is 11.5. The van der Waals surface area contributed by atoms with Gasteiger partial charge in [0.25, 0.3) is 0 Å². The summed E-state index contributed by atoms with van der Waals surface area (Å²) < 4.78 is 4.77. The van der Waals surface area contributed by atoms with Gasteiger partial charge >= 0.3 is 5.97 Å². The molecule has 3 N–H and O–H groups in total. The maximum atomic E-state index is 11.5. The van der Waals surface area contributed by atoms with Crippen LogP contribution in [0, 0.1) is 5.92 Å². The highest BCUT2D eigenvalue weighted by atomic mass is 16.5. The molecule has 0 radical (unpaired) electrons. The summed E-state index contributed by atoms with van der Waals surface area (Å²) in [5, 5.41) is 9.82. The number of carbonyl (C=O) groups is 1. The van der Waals surface area contributed by atoms with Crippen molar-refractivity contribution in [2.24, 2.45) is 5.92 Å². The van der Waals surface area contributed by atoms with E-state index in [2.05, 4.69) is 30.9 Å². The zero-order valence-electron chi connectivity index (χ0n) is 16.6. The van der Waals surface area contributed by atoms with Crippen LogP contribution in [0.15, 0.2) is 18.2 Å². The fraction of sp³-hybridized carbons (Fsp3) is 0.667. The van der Waals surface area contributed by atoms with Gasteiger partial charge in [-0.3, -0.25) is 4.79 Å². The highest BCUT2D eigenvalue weighted by Crippen LogP contribution is 2.34. The lowest BCUT2D eigenvalue weighted by Crippen LogP contribution is -2.41. The number of esters is 1. The van der Waals surface area contributed by atoms with E-state index in [9.17, 15) is 9.90 Å². The van der Waals surface area contributed by atoms with Gasteiger partial charge in [-0.2, -0.15) is 0 Å². The zero-order valence-corrected chi connectivity index (χ0v) is 16.6. The lowest BCUT2D eigenvalue weighted by Gasteiger charge is -2.39. The molecule has 1 fully saturated rings. The Balaban J connectivity index is 2.21. The van der Waals surface area contributed by atoms with E-state index in [1.54, 1.807) is 0 Å². The van der Waals surface area contributed by atoms with Gasteiger partial charge in [0, 0.05) is 12.6 Å². The number of hydrogen-bond donors (Lipinski definition) is 2. The molecule has 5 nitrogen and oxygen atoms in total. The Morgan fingerprint density at radius 1 is 1.27 bits per heavy atom. The molecule has 0 amide bonds. The number of carbonyl (C=O) groups excluding carboxylic acids is 1. The van der Waals surface area contributed by atoms with Gasteiger partial charge in [-0.1, -0.05) is 26.8 Å². The lowest BCUT2D eigenvalue weighted by atomic mass is 9.90. The van der Waals surface area contributed by atoms with Crippen molar-refractivity contribution in [3.8, 4) is 0 Å². The molecule has 0 bridgehead atoms. The summed E-state index contributed by atoms with van der Waals surface area (Å²) in [5.74, 6) is 0.392. The fourth-order valence-corrected chi connectivity index (χ4v) is 3.80. The van der Waals surface area contributed by atoms with Crippen LogP contribution in [0.2, 0.25) is 0 Å². The van der Waals surface area contributed by atoms with Gasteiger partial charge in [-0.15, -0.1) is 0 Å². The molecule has 26 heavy (non-hydrogen) atoms. The molecule has 1 aliphatic carbocycles. The molecule has 1 aromatic carbocycles. The number of aliphatic hydroxyl groups is 1. The van der Waals surface area contributed by atoms with Crippen LogP contribution >= 0.6 is 0 Å². The first-order valence-corrected chi connectivity index (χ1v) is 9.72. The summed E-state index contributed by atoms with van der Waals surface area (Å²) >= 11 is 0. The number of nitrogen functional groups attached to an aromatic ring is 1. The number of rotatable bonds is 7. The minimum Gasteiger partial charge on any atom is -0.469 e. The molecule has 1 aromatic rings. The molecule has 1 aliphatic rings. The van der Waals surface area contributed by atoms with Crippen molar-refractivity contribution in [1.82, 2.24) is 0 Å². The van der Waals surface area contributed by atoms with Crippen molar-refractivity contribution in [1.29, 1.82) is 0 Å². The van der Waals surface area contributed by atoms with Crippen molar-refractivity contribution in [3.63, 3.8) is 0 Å². The molecule has 146 valence electrons. The van der Waals surface area contributed by atoms with E-state index in [1.165, 1.54) is 7.11 Å². The molecular weight excluding hydrogens is 328 g/mol. The Morgan fingerprint density at radius 2 is 1.92 bits per heavy atom. The molecule has 1 saturated carbocycles. The normalized spacial score (nSPS) is 21.5. The molecule has 0 saturated heterocycles. The third kappa shape index (κ3) is 5.37. The van der Waals surface area contributed by atoms with Crippen LogP contribution in [0.4, 0.5) is 11.4 Å². The number of nitrogens with zero attached hydrogens (tertiary/aromatic N) is 1. The molecule has 1 atom stereocenters. The van der Waals surface area contributed by atoms with Gasteiger partial charge in [0.1, 0.15) is 0 Å². The van der Waals surface area contributed by atoms with Crippen molar-refractivity contribution < 1.29 is 14.6 Å². The van der Waals surface area contributed by atoms with Crippen molar-refractivity contribution >= 4 is 17.3 Å². The first-order valence-electron chi connectivity index (χ1n) is 9.72. The Kier molecular flexibility index (Phi) is 7.33. The summed E-state index contributed by atoms with van der Waals surface area (Å²) in [6, 6.07) is 6.57. The topological polar surface area (TPSA) is 75.8 Å². The van der Waals surface area contributed by atoms with Crippen LogP contribution in [0.1, 0.15) is 64.4 Å². The van der Waals surface area contributed by atoms with Crippen LogP contribution in [0.5, 0.6) is 0 Å². The molecule has 0 spiro atoms. The Morgan fingerprint density at radius 3 is 2.46 bits per heavy atom. The van der Waals surface area contributed by atoms with Crippen LogP contribution in [-0.2, 0) is 9.53 Å². The van der Waals surface area contributed by atoms with Gasteiger partial charge in [0.05, 0.1) is 31.0 Å². The van der Waals surface area contributed by atoms with Crippen LogP contribution in [0.3, 0.4) is 0 Å². The molecule has 0 aliphatic heterocycles. The van der Waals surface area contributed by atoms with Crippen molar-refractivity contribution in [3.05, 3.63) is 23.8 Å². The quantitative estimate of drug-likeness (QED) is 0.571. The van der Waals surface area contributed by atoms with E-state index in [4.69, 9.17) is 10.5 Å². The number of aliphatic hydroxyl groups excluding tert-OH is 1. The number of hydrogen-bond acceptors (Lipinski definition) is 5. The van der Waals surface area contributed by atoms with Crippen LogP contribution < -0.4 is 10.6 Å². The van der Waals surface area contributed by atoms with E-state index < -0.39 is 0 Å². The summed E-state index contributed by atoms with van der Waals surface area (Å²) in [7, 11) is 1.41. The predicted octanol–water partition coefficient (Wildman–Crippen LogP) is 3.70. The molecular formula is C21H34N2O3. The summed E-state index contributed by atoms with van der Waals surface area (Å²) in [6.07, 6.45) is 3.89. The monoisotopic (exact) mass is 362 g/mol. The number of benzene rings is 1. The number of nitrogens with two attached hydrogens (primary N) is 1. The van der Waals surface area contributed by atoms with Gasteiger partial charge in [-0.05, 0) is 55.2 Å². The standard InChI is InChI=1S/C21H34N2O3/c1-14(2)13-23(17-6-8-18(24)9-7-17)20-10-5-16(12-19(20)22)15(3)11-21(25)26-4/h5,10,12,14-15,17-18,24H,6-9,11,13,22H2,1-4H3/t15-,17-,18-/m1/s1. The molecule has 2 rings (SSSR count). The van der Waals surface area contributed by atoms with E-state index in [1.807, 2.05) is 13.0 Å². The van der Waals surface area contributed by atoms with Crippen molar-refractivity contribution in [2.45, 2.75) is 70.9 Å². The van der Waals surface area contributed by atoms with Crippen molar-refractivity contribution in [2.75, 3.05) is 24.3 Å². The summed E-state index contributed by atoms with van der Waals surface area (Å²) in [4.78, 5) is 13.9. The molecule has 0 aromatic heterocycles.